The Morgan fingerprint density at radius 1 is 1.27 bits per heavy atom. The van der Waals surface area contributed by atoms with Crippen LogP contribution in [0.25, 0.3) is 0 Å². The third-order valence-corrected chi connectivity index (χ3v) is 4.53. The second-order valence-corrected chi connectivity index (χ2v) is 6.23. The predicted octanol–water partition coefficient (Wildman–Crippen LogP) is 4.91. The smallest absolute Gasteiger partial charge is 0.342 e. The molecule has 0 unspecified atom stereocenters. The van der Waals surface area contributed by atoms with Gasteiger partial charge in [-0.3, -0.25) is 0 Å². The lowest BCUT2D eigenvalue weighted by Crippen LogP contribution is -2.07. The van der Waals surface area contributed by atoms with Crippen LogP contribution >= 0.6 is 46.6 Å². The molecule has 0 saturated carbocycles. The molecule has 1 aromatic carbocycles. The van der Waals surface area contributed by atoms with Crippen LogP contribution in [0.1, 0.15) is 22.8 Å². The van der Waals surface area contributed by atoms with Crippen molar-refractivity contribution in [3.8, 4) is 0 Å². The molecule has 2 rings (SSSR count). The summed E-state index contributed by atoms with van der Waals surface area (Å²) in [5.41, 5.74) is 1.14. The molecule has 0 N–H and O–H groups in total. The standard InChI is InChI=1S/C14H11Cl3N2O2S/c1-2-21-13(20)9-6-18-14(19-12(9)17)22-7-8-3-4-10(15)11(16)5-8/h3-6H,2,7H2,1H3. The van der Waals surface area contributed by atoms with E-state index in [4.69, 9.17) is 39.5 Å². The highest BCUT2D eigenvalue weighted by Crippen LogP contribution is 2.27. The van der Waals surface area contributed by atoms with Crippen molar-refractivity contribution in [2.45, 2.75) is 17.8 Å². The molecule has 0 atom stereocenters. The summed E-state index contributed by atoms with van der Waals surface area (Å²) >= 11 is 19.2. The van der Waals surface area contributed by atoms with Gasteiger partial charge in [0.2, 0.25) is 0 Å². The number of aromatic nitrogens is 2. The van der Waals surface area contributed by atoms with Crippen molar-refractivity contribution >= 4 is 52.5 Å². The topological polar surface area (TPSA) is 52.1 Å². The first-order chi connectivity index (χ1) is 10.5. The largest absolute Gasteiger partial charge is 0.462 e. The zero-order valence-corrected chi connectivity index (χ0v) is 14.6. The van der Waals surface area contributed by atoms with Crippen LogP contribution in [0, 0.1) is 0 Å². The summed E-state index contributed by atoms with van der Waals surface area (Å²) in [6.45, 7) is 1.98. The van der Waals surface area contributed by atoms with Crippen LogP contribution in [0.3, 0.4) is 0 Å². The number of halogens is 3. The van der Waals surface area contributed by atoms with Crippen molar-refractivity contribution in [1.82, 2.24) is 9.97 Å². The lowest BCUT2D eigenvalue weighted by molar-refractivity contribution is 0.0525. The number of thioether (sulfide) groups is 1. The summed E-state index contributed by atoms with van der Waals surface area (Å²) in [7, 11) is 0. The van der Waals surface area contributed by atoms with E-state index in [0.717, 1.165) is 5.56 Å². The fourth-order valence-corrected chi connectivity index (χ4v) is 2.87. The number of carbonyl (C=O) groups is 1. The van der Waals surface area contributed by atoms with E-state index < -0.39 is 5.97 Å². The molecule has 116 valence electrons. The third kappa shape index (κ3) is 4.49. The number of carbonyl (C=O) groups excluding carboxylic acids is 1. The van der Waals surface area contributed by atoms with Crippen molar-refractivity contribution in [3.63, 3.8) is 0 Å². The first kappa shape index (κ1) is 17.3. The van der Waals surface area contributed by atoms with Crippen LogP contribution in [0.4, 0.5) is 0 Å². The molecule has 0 aliphatic carbocycles. The number of rotatable bonds is 5. The molecule has 0 saturated heterocycles. The maximum atomic E-state index is 11.6. The Morgan fingerprint density at radius 3 is 2.68 bits per heavy atom. The molecule has 1 aromatic heterocycles. The summed E-state index contributed by atoms with van der Waals surface area (Å²) in [6, 6.07) is 5.39. The summed E-state index contributed by atoms with van der Waals surface area (Å²) in [4.78, 5) is 19.8. The van der Waals surface area contributed by atoms with E-state index in [2.05, 4.69) is 9.97 Å². The Kier molecular flexibility index (Phi) is 6.32. The average molecular weight is 378 g/mol. The van der Waals surface area contributed by atoms with Crippen molar-refractivity contribution in [3.05, 3.63) is 50.7 Å². The maximum absolute atomic E-state index is 11.6. The van der Waals surface area contributed by atoms with E-state index in [0.29, 0.717) is 21.0 Å². The summed E-state index contributed by atoms with van der Waals surface area (Å²) in [5, 5.41) is 1.54. The van der Waals surface area contributed by atoms with Gasteiger partial charge in [-0.05, 0) is 24.6 Å². The second-order valence-electron chi connectivity index (χ2n) is 4.11. The lowest BCUT2D eigenvalue weighted by Gasteiger charge is -2.05. The molecule has 8 heteroatoms. The van der Waals surface area contributed by atoms with Gasteiger partial charge in [-0.1, -0.05) is 52.6 Å². The van der Waals surface area contributed by atoms with Crippen molar-refractivity contribution < 1.29 is 9.53 Å². The molecule has 22 heavy (non-hydrogen) atoms. The quantitative estimate of drug-likeness (QED) is 0.321. The third-order valence-electron chi connectivity index (χ3n) is 2.57. The highest BCUT2D eigenvalue weighted by Gasteiger charge is 2.14. The number of nitrogens with zero attached hydrogens (tertiary/aromatic N) is 2. The predicted molar refractivity (Wildman–Crippen MR) is 89.0 cm³/mol. The molecule has 4 nitrogen and oxygen atoms in total. The SMILES string of the molecule is CCOC(=O)c1cnc(SCc2ccc(Cl)c(Cl)c2)nc1Cl. The molecular formula is C14H11Cl3N2O2S. The summed E-state index contributed by atoms with van der Waals surface area (Å²) < 4.78 is 4.86. The summed E-state index contributed by atoms with van der Waals surface area (Å²) in [6.07, 6.45) is 1.37. The van der Waals surface area contributed by atoms with E-state index in [1.54, 1.807) is 19.1 Å². The molecule has 1 heterocycles. The number of benzene rings is 1. The van der Waals surface area contributed by atoms with E-state index in [1.165, 1.54) is 18.0 Å². The van der Waals surface area contributed by atoms with Crippen LogP contribution in [0.2, 0.25) is 15.2 Å². The first-order valence-corrected chi connectivity index (χ1v) is 8.39. The molecule has 0 radical (unpaired) electrons. The van der Waals surface area contributed by atoms with Gasteiger partial charge in [0.1, 0.15) is 10.7 Å². The lowest BCUT2D eigenvalue weighted by atomic mass is 10.2. The van der Waals surface area contributed by atoms with E-state index >= 15 is 0 Å². The van der Waals surface area contributed by atoms with Gasteiger partial charge in [0, 0.05) is 11.9 Å². The van der Waals surface area contributed by atoms with E-state index in [-0.39, 0.29) is 17.3 Å². The highest BCUT2D eigenvalue weighted by molar-refractivity contribution is 7.98. The van der Waals surface area contributed by atoms with E-state index in [1.807, 2.05) is 6.07 Å². The van der Waals surface area contributed by atoms with Crippen LogP contribution in [-0.4, -0.2) is 22.5 Å². The minimum absolute atomic E-state index is 0.0742. The highest BCUT2D eigenvalue weighted by atomic mass is 35.5. The van der Waals surface area contributed by atoms with Gasteiger partial charge in [-0.2, -0.15) is 0 Å². The Balaban J connectivity index is 2.06. The van der Waals surface area contributed by atoms with Crippen LogP contribution in [-0.2, 0) is 10.5 Å². The van der Waals surface area contributed by atoms with Crippen molar-refractivity contribution in [1.29, 1.82) is 0 Å². The fraction of sp³-hybridized carbons (Fsp3) is 0.214. The Morgan fingerprint density at radius 2 is 2.05 bits per heavy atom. The summed E-state index contributed by atoms with van der Waals surface area (Å²) in [5.74, 6) is 0.0694. The molecule has 0 spiro atoms. The van der Waals surface area contributed by atoms with Gasteiger partial charge in [-0.15, -0.1) is 0 Å². The minimum atomic E-state index is -0.534. The molecule has 0 fully saturated rings. The molecule has 0 aliphatic heterocycles. The monoisotopic (exact) mass is 376 g/mol. The first-order valence-electron chi connectivity index (χ1n) is 6.27. The van der Waals surface area contributed by atoms with E-state index in [9.17, 15) is 4.79 Å². The molecular weight excluding hydrogens is 367 g/mol. The molecule has 0 aliphatic rings. The van der Waals surface area contributed by atoms with Crippen LogP contribution in [0.5, 0.6) is 0 Å². The minimum Gasteiger partial charge on any atom is -0.462 e. The molecule has 0 amide bonds. The fourth-order valence-electron chi connectivity index (χ4n) is 1.54. The van der Waals surface area contributed by atoms with Gasteiger partial charge >= 0.3 is 5.97 Å². The van der Waals surface area contributed by atoms with Crippen LogP contribution < -0.4 is 0 Å². The number of esters is 1. The number of hydrogen-bond donors (Lipinski definition) is 0. The van der Waals surface area contributed by atoms with Crippen molar-refractivity contribution in [2.24, 2.45) is 0 Å². The number of hydrogen-bond acceptors (Lipinski definition) is 5. The average Bonchev–Trinajstić information content (AvgIpc) is 2.48. The zero-order valence-electron chi connectivity index (χ0n) is 11.5. The van der Waals surface area contributed by atoms with Gasteiger partial charge in [0.15, 0.2) is 5.16 Å². The normalized spacial score (nSPS) is 10.5. The van der Waals surface area contributed by atoms with Crippen molar-refractivity contribution in [2.75, 3.05) is 6.61 Å². The van der Waals surface area contributed by atoms with Gasteiger partial charge in [0.05, 0.1) is 16.7 Å². The zero-order chi connectivity index (χ0) is 16.1. The van der Waals surface area contributed by atoms with Gasteiger partial charge in [-0.25, -0.2) is 14.8 Å². The van der Waals surface area contributed by atoms with Gasteiger partial charge in [0.25, 0.3) is 0 Å². The number of ether oxygens (including phenoxy) is 1. The molecule has 2 aromatic rings. The Hall–Kier alpha value is -1.01. The second kappa shape index (κ2) is 8.02. The Labute approximate surface area is 147 Å². The van der Waals surface area contributed by atoms with Gasteiger partial charge < -0.3 is 4.74 Å². The Bertz CT molecular complexity index is 698. The molecule has 0 bridgehead atoms. The maximum Gasteiger partial charge on any atom is 0.342 e. The van der Waals surface area contributed by atoms with Crippen LogP contribution in [0.15, 0.2) is 29.6 Å².